The first-order valence-electron chi connectivity index (χ1n) is 7.88. The van der Waals surface area contributed by atoms with Gasteiger partial charge in [0.1, 0.15) is 11.6 Å². The summed E-state index contributed by atoms with van der Waals surface area (Å²) in [4.78, 5) is 20.2. The van der Waals surface area contributed by atoms with Crippen LogP contribution < -0.4 is 0 Å². The Balaban J connectivity index is 2.02. The van der Waals surface area contributed by atoms with Crippen LogP contribution in [0.2, 0.25) is 5.02 Å². The lowest BCUT2D eigenvalue weighted by Gasteiger charge is -2.14. The number of nitrogens with zero attached hydrogens (tertiary/aromatic N) is 3. The van der Waals surface area contributed by atoms with Crippen LogP contribution in [0.5, 0.6) is 0 Å². The van der Waals surface area contributed by atoms with Crippen LogP contribution in [0.3, 0.4) is 0 Å². The molecule has 0 atom stereocenters. The number of imidazole rings is 1. The average molecular weight is 370 g/mol. The summed E-state index contributed by atoms with van der Waals surface area (Å²) in [6.45, 7) is 1.82. The lowest BCUT2D eigenvalue weighted by Crippen LogP contribution is -2.10. The van der Waals surface area contributed by atoms with Gasteiger partial charge in [-0.25, -0.2) is 14.2 Å². The Bertz CT molecular complexity index is 1090. The van der Waals surface area contributed by atoms with Gasteiger partial charge in [-0.2, -0.15) is 0 Å². The van der Waals surface area contributed by atoms with E-state index in [9.17, 15) is 14.3 Å². The molecule has 0 saturated heterocycles. The van der Waals surface area contributed by atoms with Crippen molar-refractivity contribution >= 4 is 23.3 Å². The first-order valence-corrected chi connectivity index (χ1v) is 8.26. The first kappa shape index (κ1) is 16.5. The number of carbonyl (C=O) groups is 1. The Hall–Kier alpha value is -2.99. The van der Waals surface area contributed by atoms with Crippen molar-refractivity contribution in [3.63, 3.8) is 0 Å². The molecule has 7 heteroatoms. The maximum absolute atomic E-state index is 14.4. The van der Waals surface area contributed by atoms with Crippen LogP contribution in [0.4, 0.5) is 4.39 Å². The first-order chi connectivity index (χ1) is 12.5. The quantitative estimate of drug-likeness (QED) is 0.741. The molecule has 1 aromatic heterocycles. The fraction of sp³-hybridized carbons (Fsp3) is 0.105. The van der Waals surface area contributed by atoms with Gasteiger partial charge >= 0.3 is 5.97 Å². The minimum Gasteiger partial charge on any atom is -0.476 e. The minimum atomic E-state index is -1.10. The second-order valence-electron chi connectivity index (χ2n) is 5.91. The van der Waals surface area contributed by atoms with E-state index >= 15 is 0 Å². The lowest BCUT2D eigenvalue weighted by atomic mass is 10.00. The molecule has 2 heterocycles. The molecule has 0 amide bonds. The number of carboxylic acid groups (broad SMARTS) is 1. The highest BCUT2D eigenvalue weighted by Gasteiger charge is 2.26. The van der Waals surface area contributed by atoms with Gasteiger partial charge in [0, 0.05) is 16.1 Å². The number of hydrogen-bond acceptors (Lipinski definition) is 3. The highest BCUT2D eigenvalue weighted by molar-refractivity contribution is 6.31. The maximum atomic E-state index is 14.4. The summed E-state index contributed by atoms with van der Waals surface area (Å²) in [5.74, 6) is -1.01. The van der Waals surface area contributed by atoms with Gasteiger partial charge in [0.05, 0.1) is 23.6 Å². The topological polar surface area (TPSA) is 67.5 Å². The molecular weight excluding hydrogens is 357 g/mol. The predicted molar refractivity (Wildman–Crippen MR) is 96.0 cm³/mol. The van der Waals surface area contributed by atoms with Crippen molar-refractivity contribution in [2.75, 3.05) is 0 Å². The number of carboxylic acids is 1. The van der Waals surface area contributed by atoms with Gasteiger partial charge in [-0.1, -0.05) is 23.7 Å². The van der Waals surface area contributed by atoms with E-state index in [2.05, 4.69) is 9.98 Å². The SMILES string of the molecule is Cc1c(C(=O)O)nc2n1-c1ccc(Cl)cc1C(c1ccccc1F)=NC2. The summed E-state index contributed by atoms with van der Waals surface area (Å²) in [6, 6.07) is 11.6. The molecule has 130 valence electrons. The Morgan fingerprint density at radius 2 is 2.00 bits per heavy atom. The standard InChI is InChI=1S/C19H13ClFN3O2/c1-10-17(19(25)26)23-16-9-22-18(12-4-2-3-5-14(12)21)13-8-11(20)6-7-15(13)24(10)16/h2-8H,9H2,1H3,(H,25,26). The van der Waals surface area contributed by atoms with Crippen molar-refractivity contribution < 1.29 is 14.3 Å². The van der Waals surface area contributed by atoms with Crippen LogP contribution in [0.15, 0.2) is 47.5 Å². The summed E-state index contributed by atoms with van der Waals surface area (Å²) < 4.78 is 16.1. The number of fused-ring (bicyclic) bond motifs is 3. The zero-order valence-electron chi connectivity index (χ0n) is 13.7. The number of benzene rings is 2. The average Bonchev–Trinajstić information content (AvgIpc) is 2.85. The Morgan fingerprint density at radius 3 is 2.73 bits per heavy atom. The third-order valence-electron chi connectivity index (χ3n) is 4.34. The molecule has 0 radical (unpaired) electrons. The molecule has 2 aromatic carbocycles. The van der Waals surface area contributed by atoms with Crippen LogP contribution >= 0.6 is 11.6 Å². The van der Waals surface area contributed by atoms with Crippen molar-refractivity contribution in [1.82, 2.24) is 9.55 Å². The van der Waals surface area contributed by atoms with Gasteiger partial charge in [-0.3, -0.25) is 9.56 Å². The van der Waals surface area contributed by atoms with Crippen LogP contribution in [0.1, 0.15) is 33.1 Å². The molecule has 0 fully saturated rings. The van der Waals surface area contributed by atoms with Crippen LogP contribution in [0.25, 0.3) is 5.69 Å². The Morgan fingerprint density at radius 1 is 1.23 bits per heavy atom. The molecule has 5 nitrogen and oxygen atoms in total. The summed E-state index contributed by atoms with van der Waals surface area (Å²) in [7, 11) is 0. The number of halogens is 2. The van der Waals surface area contributed by atoms with E-state index in [0.29, 0.717) is 39.1 Å². The third kappa shape index (κ3) is 2.50. The van der Waals surface area contributed by atoms with Crippen molar-refractivity contribution in [3.05, 3.63) is 81.6 Å². The van der Waals surface area contributed by atoms with Gasteiger partial charge in [0.2, 0.25) is 0 Å². The molecule has 26 heavy (non-hydrogen) atoms. The number of rotatable bonds is 2. The monoisotopic (exact) mass is 369 g/mol. The maximum Gasteiger partial charge on any atom is 0.356 e. The van der Waals surface area contributed by atoms with Crippen LogP contribution in [0, 0.1) is 12.7 Å². The van der Waals surface area contributed by atoms with E-state index in [0.717, 1.165) is 0 Å². The largest absolute Gasteiger partial charge is 0.476 e. The van der Waals surface area contributed by atoms with Crippen molar-refractivity contribution in [1.29, 1.82) is 0 Å². The molecular formula is C19H13ClFN3O2. The van der Waals surface area contributed by atoms with Gasteiger partial charge in [0.25, 0.3) is 0 Å². The van der Waals surface area contributed by atoms with Crippen molar-refractivity contribution in [2.24, 2.45) is 4.99 Å². The molecule has 0 bridgehead atoms. The van der Waals surface area contributed by atoms with Gasteiger partial charge in [0.15, 0.2) is 5.69 Å². The molecule has 1 aliphatic rings. The third-order valence-corrected chi connectivity index (χ3v) is 4.58. The van der Waals surface area contributed by atoms with Gasteiger partial charge < -0.3 is 5.11 Å². The van der Waals surface area contributed by atoms with E-state index in [-0.39, 0.29) is 18.1 Å². The molecule has 0 aliphatic carbocycles. The molecule has 4 rings (SSSR count). The minimum absolute atomic E-state index is 0.0227. The fourth-order valence-electron chi connectivity index (χ4n) is 3.20. The zero-order valence-corrected chi connectivity index (χ0v) is 14.5. The molecule has 0 unspecified atom stereocenters. The summed E-state index contributed by atoms with van der Waals surface area (Å²) >= 11 is 6.18. The Kier molecular flexibility index (Phi) is 3.85. The highest BCUT2D eigenvalue weighted by atomic mass is 35.5. The van der Waals surface area contributed by atoms with Crippen LogP contribution in [-0.4, -0.2) is 26.3 Å². The fourth-order valence-corrected chi connectivity index (χ4v) is 3.37. The normalized spacial score (nSPS) is 12.8. The number of aromatic carboxylic acids is 1. The Labute approximate surface area is 153 Å². The van der Waals surface area contributed by atoms with E-state index in [1.54, 1.807) is 47.9 Å². The van der Waals surface area contributed by atoms with Crippen molar-refractivity contribution in [2.45, 2.75) is 13.5 Å². The second kappa shape index (κ2) is 6.07. The lowest BCUT2D eigenvalue weighted by molar-refractivity contribution is 0.0690. The summed E-state index contributed by atoms with van der Waals surface area (Å²) in [5.41, 5.74) is 2.58. The van der Waals surface area contributed by atoms with E-state index in [4.69, 9.17) is 11.6 Å². The molecule has 0 spiro atoms. The van der Waals surface area contributed by atoms with E-state index < -0.39 is 5.97 Å². The number of hydrogen-bond donors (Lipinski definition) is 1. The van der Waals surface area contributed by atoms with E-state index in [1.807, 2.05) is 0 Å². The molecule has 1 aliphatic heterocycles. The molecule has 3 aromatic rings. The smallest absolute Gasteiger partial charge is 0.356 e. The molecule has 0 saturated carbocycles. The second-order valence-corrected chi connectivity index (χ2v) is 6.35. The molecule has 1 N–H and O–H groups in total. The zero-order chi connectivity index (χ0) is 18.4. The van der Waals surface area contributed by atoms with Crippen LogP contribution in [-0.2, 0) is 6.54 Å². The highest BCUT2D eigenvalue weighted by Crippen LogP contribution is 2.30. The van der Waals surface area contributed by atoms with E-state index in [1.165, 1.54) is 6.07 Å². The van der Waals surface area contributed by atoms with Gasteiger partial charge in [-0.05, 0) is 37.3 Å². The summed E-state index contributed by atoms with van der Waals surface area (Å²) in [6.07, 6.45) is 0. The number of aliphatic imine (C=N–C) groups is 1. The van der Waals surface area contributed by atoms with Gasteiger partial charge in [-0.15, -0.1) is 0 Å². The summed E-state index contributed by atoms with van der Waals surface area (Å²) in [5, 5.41) is 9.84. The predicted octanol–water partition coefficient (Wildman–Crippen LogP) is 4.02. The number of aromatic nitrogens is 2. The van der Waals surface area contributed by atoms with Crippen molar-refractivity contribution in [3.8, 4) is 5.69 Å².